The van der Waals surface area contributed by atoms with E-state index in [0.29, 0.717) is 6.42 Å². The zero-order valence-corrected chi connectivity index (χ0v) is 13.2. The van der Waals surface area contributed by atoms with Gasteiger partial charge in [0.15, 0.2) is 0 Å². The Balaban J connectivity index is 2.25. The average molecular weight is 336 g/mol. The van der Waals surface area contributed by atoms with Crippen molar-refractivity contribution < 1.29 is 9.84 Å². The van der Waals surface area contributed by atoms with Crippen molar-refractivity contribution in [1.29, 1.82) is 0 Å². The normalized spacial score (nSPS) is 12.2. The molecule has 2 rings (SSSR count). The lowest BCUT2D eigenvalue weighted by Gasteiger charge is -2.15. The standard InChI is InChI=1S/C16H18BrNO2/c1-3-11-5-4-8-18-16(11)15(19)10-12-9-13(20-2)6-7-14(12)17/h4-9,15,19H,3,10H2,1-2H3. The number of aromatic nitrogens is 1. The lowest BCUT2D eigenvalue weighted by atomic mass is 10.0. The van der Waals surface area contributed by atoms with Gasteiger partial charge >= 0.3 is 0 Å². The van der Waals surface area contributed by atoms with Gasteiger partial charge in [-0.2, -0.15) is 0 Å². The minimum atomic E-state index is -0.616. The monoisotopic (exact) mass is 335 g/mol. The van der Waals surface area contributed by atoms with Gasteiger partial charge in [0.2, 0.25) is 0 Å². The lowest BCUT2D eigenvalue weighted by molar-refractivity contribution is 0.172. The maximum absolute atomic E-state index is 10.4. The number of aliphatic hydroxyl groups is 1. The summed E-state index contributed by atoms with van der Waals surface area (Å²) in [6, 6.07) is 9.66. The van der Waals surface area contributed by atoms with Gasteiger partial charge in [-0.25, -0.2) is 0 Å². The molecule has 1 N–H and O–H groups in total. The molecule has 1 atom stereocenters. The first-order chi connectivity index (χ1) is 9.65. The molecular weight excluding hydrogens is 318 g/mol. The fourth-order valence-corrected chi connectivity index (χ4v) is 2.60. The molecule has 4 heteroatoms. The number of aryl methyl sites for hydroxylation is 1. The molecule has 3 nitrogen and oxygen atoms in total. The average Bonchev–Trinajstić information content (AvgIpc) is 2.49. The summed E-state index contributed by atoms with van der Waals surface area (Å²) >= 11 is 3.51. The van der Waals surface area contributed by atoms with E-state index in [-0.39, 0.29) is 0 Å². The Hall–Kier alpha value is -1.39. The van der Waals surface area contributed by atoms with Crippen LogP contribution in [0.1, 0.15) is 29.8 Å². The molecule has 1 unspecified atom stereocenters. The Morgan fingerprint density at radius 2 is 2.10 bits per heavy atom. The van der Waals surface area contributed by atoms with Crippen LogP contribution < -0.4 is 4.74 Å². The minimum Gasteiger partial charge on any atom is -0.497 e. The number of ether oxygens (including phenoxy) is 1. The van der Waals surface area contributed by atoms with Gasteiger partial charge in [-0.1, -0.05) is 28.9 Å². The topological polar surface area (TPSA) is 42.4 Å². The van der Waals surface area contributed by atoms with Crippen LogP contribution in [0.2, 0.25) is 0 Å². The summed E-state index contributed by atoms with van der Waals surface area (Å²) < 4.78 is 6.19. The van der Waals surface area contributed by atoms with E-state index in [0.717, 1.165) is 33.5 Å². The van der Waals surface area contributed by atoms with Crippen molar-refractivity contribution in [2.45, 2.75) is 25.9 Å². The minimum absolute atomic E-state index is 0.502. The van der Waals surface area contributed by atoms with Crippen LogP contribution in [0.3, 0.4) is 0 Å². The number of methoxy groups -OCH3 is 1. The first-order valence-electron chi connectivity index (χ1n) is 6.60. The predicted molar refractivity (Wildman–Crippen MR) is 83.0 cm³/mol. The van der Waals surface area contributed by atoms with Crippen molar-refractivity contribution in [3.63, 3.8) is 0 Å². The molecule has 0 aliphatic carbocycles. The van der Waals surface area contributed by atoms with Crippen molar-refractivity contribution in [2.24, 2.45) is 0 Å². The van der Waals surface area contributed by atoms with E-state index < -0.39 is 6.10 Å². The van der Waals surface area contributed by atoms with E-state index in [1.807, 2.05) is 30.3 Å². The van der Waals surface area contributed by atoms with Crippen LogP contribution in [-0.4, -0.2) is 17.2 Å². The van der Waals surface area contributed by atoms with Crippen molar-refractivity contribution >= 4 is 15.9 Å². The summed E-state index contributed by atoms with van der Waals surface area (Å²) in [5.74, 6) is 0.784. The Kier molecular flexibility index (Phi) is 5.15. The van der Waals surface area contributed by atoms with Crippen molar-refractivity contribution in [3.8, 4) is 5.75 Å². The molecule has 106 valence electrons. The van der Waals surface area contributed by atoms with Crippen LogP contribution in [0.5, 0.6) is 5.75 Å². The number of hydrogen-bond acceptors (Lipinski definition) is 3. The molecule has 1 aromatic heterocycles. The molecule has 0 bridgehead atoms. The van der Waals surface area contributed by atoms with Gasteiger partial charge in [-0.05, 0) is 41.8 Å². The number of rotatable bonds is 5. The second-order valence-electron chi connectivity index (χ2n) is 4.58. The van der Waals surface area contributed by atoms with E-state index in [1.165, 1.54) is 0 Å². The molecule has 0 saturated heterocycles. The summed E-state index contributed by atoms with van der Waals surface area (Å²) in [5.41, 5.74) is 2.84. The number of hydrogen-bond donors (Lipinski definition) is 1. The summed E-state index contributed by atoms with van der Waals surface area (Å²) in [6.45, 7) is 2.06. The maximum Gasteiger partial charge on any atom is 0.119 e. The molecule has 0 aliphatic rings. The van der Waals surface area contributed by atoms with E-state index in [1.54, 1.807) is 13.3 Å². The number of pyridine rings is 1. The molecule has 20 heavy (non-hydrogen) atoms. The van der Waals surface area contributed by atoms with Gasteiger partial charge in [0, 0.05) is 17.1 Å². The lowest BCUT2D eigenvalue weighted by Crippen LogP contribution is -2.08. The Morgan fingerprint density at radius 1 is 1.30 bits per heavy atom. The molecule has 1 aromatic carbocycles. The molecular formula is C16H18BrNO2. The van der Waals surface area contributed by atoms with Gasteiger partial charge in [0.05, 0.1) is 12.8 Å². The smallest absolute Gasteiger partial charge is 0.119 e. The second kappa shape index (κ2) is 6.86. The third-order valence-electron chi connectivity index (χ3n) is 3.29. The molecule has 0 fully saturated rings. The van der Waals surface area contributed by atoms with Crippen LogP contribution in [0.25, 0.3) is 0 Å². The Labute approximate surface area is 127 Å². The largest absolute Gasteiger partial charge is 0.497 e. The van der Waals surface area contributed by atoms with Crippen LogP contribution in [0.4, 0.5) is 0 Å². The van der Waals surface area contributed by atoms with E-state index in [2.05, 4.69) is 27.8 Å². The van der Waals surface area contributed by atoms with Gasteiger partial charge < -0.3 is 9.84 Å². The van der Waals surface area contributed by atoms with Crippen molar-refractivity contribution in [1.82, 2.24) is 4.98 Å². The maximum atomic E-state index is 10.4. The van der Waals surface area contributed by atoms with E-state index in [4.69, 9.17) is 4.74 Å². The molecule has 0 saturated carbocycles. The van der Waals surface area contributed by atoms with E-state index in [9.17, 15) is 5.11 Å². The highest BCUT2D eigenvalue weighted by atomic mass is 79.9. The van der Waals surface area contributed by atoms with Crippen molar-refractivity contribution in [2.75, 3.05) is 7.11 Å². The number of nitrogens with zero attached hydrogens (tertiary/aromatic N) is 1. The number of benzene rings is 1. The van der Waals surface area contributed by atoms with Crippen LogP contribution in [-0.2, 0) is 12.8 Å². The van der Waals surface area contributed by atoms with Gasteiger partial charge in [-0.15, -0.1) is 0 Å². The van der Waals surface area contributed by atoms with Crippen LogP contribution in [0.15, 0.2) is 41.0 Å². The summed E-state index contributed by atoms with van der Waals surface area (Å²) in [4.78, 5) is 4.32. The fraction of sp³-hybridized carbons (Fsp3) is 0.312. The molecule has 0 radical (unpaired) electrons. The first kappa shape index (κ1) is 15.0. The van der Waals surface area contributed by atoms with Crippen LogP contribution in [0, 0.1) is 0 Å². The summed E-state index contributed by atoms with van der Waals surface area (Å²) in [5, 5.41) is 10.4. The van der Waals surface area contributed by atoms with Crippen LogP contribution >= 0.6 is 15.9 Å². The third-order valence-corrected chi connectivity index (χ3v) is 4.06. The number of aliphatic hydroxyl groups excluding tert-OH is 1. The molecule has 0 amide bonds. The first-order valence-corrected chi connectivity index (χ1v) is 7.39. The van der Waals surface area contributed by atoms with Gasteiger partial charge in [0.1, 0.15) is 11.9 Å². The van der Waals surface area contributed by atoms with Crippen molar-refractivity contribution in [3.05, 3.63) is 57.8 Å². The molecule has 0 spiro atoms. The zero-order valence-electron chi connectivity index (χ0n) is 11.6. The third kappa shape index (κ3) is 3.38. The SMILES string of the molecule is CCc1cccnc1C(O)Cc1cc(OC)ccc1Br. The van der Waals surface area contributed by atoms with E-state index >= 15 is 0 Å². The zero-order chi connectivity index (χ0) is 14.5. The van der Waals surface area contributed by atoms with Gasteiger partial charge in [-0.3, -0.25) is 4.98 Å². The highest BCUT2D eigenvalue weighted by Gasteiger charge is 2.15. The molecule has 1 heterocycles. The molecule has 2 aromatic rings. The number of halogens is 1. The quantitative estimate of drug-likeness (QED) is 0.905. The molecule has 0 aliphatic heterocycles. The summed E-state index contributed by atoms with van der Waals surface area (Å²) in [7, 11) is 1.64. The Bertz CT molecular complexity index is 586. The fourth-order valence-electron chi connectivity index (χ4n) is 2.19. The highest BCUT2D eigenvalue weighted by molar-refractivity contribution is 9.10. The predicted octanol–water partition coefficient (Wildman–Crippen LogP) is 3.69. The summed E-state index contributed by atoms with van der Waals surface area (Å²) in [6.07, 6.45) is 2.47. The van der Waals surface area contributed by atoms with Gasteiger partial charge in [0.25, 0.3) is 0 Å². The second-order valence-corrected chi connectivity index (χ2v) is 5.43. The Morgan fingerprint density at radius 3 is 2.80 bits per heavy atom. The highest BCUT2D eigenvalue weighted by Crippen LogP contribution is 2.27.